The fourth-order valence-corrected chi connectivity index (χ4v) is 1.37. The highest BCUT2D eigenvalue weighted by molar-refractivity contribution is 5.29. The molecule has 0 saturated heterocycles. The molecule has 0 aromatic heterocycles. The molecule has 4 heteroatoms. The Bertz CT molecular complexity index is 363. The molecule has 0 atom stereocenters. The van der Waals surface area contributed by atoms with Crippen LogP contribution in [-0.4, -0.2) is 0 Å². The first-order valence-corrected chi connectivity index (χ1v) is 4.58. The Morgan fingerprint density at radius 1 is 1.20 bits per heavy atom. The summed E-state index contributed by atoms with van der Waals surface area (Å²) in [4.78, 5) is 0. The van der Waals surface area contributed by atoms with Crippen LogP contribution in [0.25, 0.3) is 0 Å². The fraction of sp³-hybridized carbons (Fsp3) is 0.364. The van der Waals surface area contributed by atoms with Crippen molar-refractivity contribution in [2.45, 2.75) is 25.4 Å². The Hall–Kier alpha value is -1.50. The lowest BCUT2D eigenvalue weighted by Gasteiger charge is -2.11. The van der Waals surface area contributed by atoms with Crippen LogP contribution in [-0.2, 0) is 12.6 Å². The number of nitrogens with zero attached hydrogens (tertiary/aromatic N) is 1. The zero-order chi connectivity index (χ0) is 11.3. The monoisotopic (exact) mass is 213 g/mol. The lowest BCUT2D eigenvalue weighted by molar-refractivity contribution is -0.138. The molecule has 0 unspecified atom stereocenters. The van der Waals surface area contributed by atoms with E-state index in [4.69, 9.17) is 5.26 Å². The van der Waals surface area contributed by atoms with E-state index in [0.29, 0.717) is 12.8 Å². The second-order valence-corrected chi connectivity index (χ2v) is 3.17. The molecule has 15 heavy (non-hydrogen) atoms. The normalized spacial score (nSPS) is 11.1. The SMILES string of the molecule is N#CCCCc1ccccc1C(F)(F)F. The molecule has 1 aromatic carbocycles. The molecule has 0 bridgehead atoms. The van der Waals surface area contributed by atoms with E-state index in [-0.39, 0.29) is 12.0 Å². The Labute approximate surface area is 86.1 Å². The number of alkyl halides is 3. The minimum atomic E-state index is -4.30. The molecule has 0 aliphatic heterocycles. The first-order chi connectivity index (χ1) is 7.05. The molecule has 0 radical (unpaired) electrons. The molecule has 0 heterocycles. The Balaban J connectivity index is 2.83. The Morgan fingerprint density at radius 3 is 2.47 bits per heavy atom. The van der Waals surface area contributed by atoms with Crippen LogP contribution in [0.1, 0.15) is 24.0 Å². The van der Waals surface area contributed by atoms with Crippen molar-refractivity contribution in [1.29, 1.82) is 5.26 Å². The highest BCUT2D eigenvalue weighted by atomic mass is 19.4. The maximum atomic E-state index is 12.5. The van der Waals surface area contributed by atoms with Crippen LogP contribution in [0, 0.1) is 11.3 Å². The van der Waals surface area contributed by atoms with Gasteiger partial charge in [0.25, 0.3) is 0 Å². The maximum absolute atomic E-state index is 12.5. The molecule has 0 saturated carbocycles. The number of halogens is 3. The van der Waals surface area contributed by atoms with Gasteiger partial charge >= 0.3 is 6.18 Å². The minimum absolute atomic E-state index is 0.264. The van der Waals surface area contributed by atoms with Gasteiger partial charge in [0.1, 0.15) is 0 Å². The zero-order valence-electron chi connectivity index (χ0n) is 8.01. The maximum Gasteiger partial charge on any atom is 0.416 e. The van der Waals surface area contributed by atoms with Gasteiger partial charge in [0, 0.05) is 6.42 Å². The smallest absolute Gasteiger partial charge is 0.198 e. The van der Waals surface area contributed by atoms with E-state index in [2.05, 4.69) is 0 Å². The summed E-state index contributed by atoms with van der Waals surface area (Å²) >= 11 is 0. The van der Waals surface area contributed by atoms with Crippen LogP contribution in [0.4, 0.5) is 13.2 Å². The van der Waals surface area contributed by atoms with Crippen LogP contribution in [0.3, 0.4) is 0 Å². The Kier molecular flexibility index (Phi) is 3.73. The van der Waals surface area contributed by atoms with E-state index < -0.39 is 11.7 Å². The van der Waals surface area contributed by atoms with Crippen LogP contribution in [0.15, 0.2) is 24.3 Å². The quantitative estimate of drug-likeness (QED) is 0.704. The van der Waals surface area contributed by atoms with Crippen molar-refractivity contribution in [2.75, 3.05) is 0 Å². The van der Waals surface area contributed by atoms with Crippen molar-refractivity contribution >= 4 is 0 Å². The predicted octanol–water partition coefficient (Wildman–Crippen LogP) is 3.55. The van der Waals surface area contributed by atoms with E-state index in [1.54, 1.807) is 6.07 Å². The summed E-state index contributed by atoms with van der Waals surface area (Å²) in [6, 6.07) is 7.40. The molecule has 0 aliphatic carbocycles. The molecule has 1 nitrogen and oxygen atoms in total. The number of rotatable bonds is 3. The summed E-state index contributed by atoms with van der Waals surface area (Å²) in [5, 5.41) is 8.30. The topological polar surface area (TPSA) is 23.8 Å². The van der Waals surface area contributed by atoms with Gasteiger partial charge in [-0.15, -0.1) is 0 Å². The van der Waals surface area contributed by atoms with E-state index in [0.717, 1.165) is 6.07 Å². The van der Waals surface area contributed by atoms with Crippen molar-refractivity contribution in [3.05, 3.63) is 35.4 Å². The van der Waals surface area contributed by atoms with Gasteiger partial charge in [0.2, 0.25) is 0 Å². The summed E-state index contributed by atoms with van der Waals surface area (Å²) in [7, 11) is 0. The molecule has 0 amide bonds. The van der Waals surface area contributed by atoms with Gasteiger partial charge in [0.15, 0.2) is 0 Å². The van der Waals surface area contributed by atoms with Gasteiger partial charge in [0.05, 0.1) is 11.6 Å². The second-order valence-electron chi connectivity index (χ2n) is 3.17. The van der Waals surface area contributed by atoms with Crippen molar-refractivity contribution < 1.29 is 13.2 Å². The first kappa shape index (κ1) is 11.6. The van der Waals surface area contributed by atoms with Crippen LogP contribution in [0.2, 0.25) is 0 Å². The number of unbranched alkanes of at least 4 members (excludes halogenated alkanes) is 1. The van der Waals surface area contributed by atoms with Gasteiger partial charge in [-0.1, -0.05) is 18.2 Å². The van der Waals surface area contributed by atoms with Gasteiger partial charge in [-0.05, 0) is 24.5 Å². The van der Waals surface area contributed by atoms with Crippen LogP contribution < -0.4 is 0 Å². The molecule has 0 N–H and O–H groups in total. The van der Waals surface area contributed by atoms with Crippen molar-refractivity contribution in [1.82, 2.24) is 0 Å². The third-order valence-electron chi connectivity index (χ3n) is 2.06. The van der Waals surface area contributed by atoms with Gasteiger partial charge in [-0.2, -0.15) is 18.4 Å². The number of aryl methyl sites for hydroxylation is 1. The van der Waals surface area contributed by atoms with Crippen LogP contribution in [0.5, 0.6) is 0 Å². The molecule has 0 spiro atoms. The number of benzene rings is 1. The highest BCUT2D eigenvalue weighted by Crippen LogP contribution is 2.32. The molecular weight excluding hydrogens is 203 g/mol. The lowest BCUT2D eigenvalue weighted by atomic mass is 10.0. The van der Waals surface area contributed by atoms with E-state index >= 15 is 0 Å². The molecule has 1 rings (SSSR count). The molecule has 0 fully saturated rings. The summed E-state index contributed by atoms with van der Waals surface area (Å²) in [6.07, 6.45) is -3.26. The molecule has 0 aliphatic rings. The third kappa shape index (κ3) is 3.28. The molecule has 1 aromatic rings. The number of hydrogen-bond donors (Lipinski definition) is 0. The fourth-order valence-electron chi connectivity index (χ4n) is 1.37. The summed E-state index contributed by atoms with van der Waals surface area (Å²) in [5.41, 5.74) is -0.330. The Morgan fingerprint density at radius 2 is 1.87 bits per heavy atom. The highest BCUT2D eigenvalue weighted by Gasteiger charge is 2.32. The summed E-state index contributed by atoms with van der Waals surface area (Å²) < 4.78 is 37.5. The summed E-state index contributed by atoms with van der Waals surface area (Å²) in [6.45, 7) is 0. The largest absolute Gasteiger partial charge is 0.416 e. The summed E-state index contributed by atoms with van der Waals surface area (Å²) in [5.74, 6) is 0. The van der Waals surface area contributed by atoms with Gasteiger partial charge in [-0.3, -0.25) is 0 Å². The van der Waals surface area contributed by atoms with Gasteiger partial charge < -0.3 is 0 Å². The third-order valence-corrected chi connectivity index (χ3v) is 2.06. The minimum Gasteiger partial charge on any atom is -0.198 e. The van der Waals surface area contributed by atoms with E-state index in [9.17, 15) is 13.2 Å². The van der Waals surface area contributed by atoms with Gasteiger partial charge in [-0.25, -0.2) is 0 Å². The number of hydrogen-bond acceptors (Lipinski definition) is 1. The first-order valence-electron chi connectivity index (χ1n) is 4.58. The van der Waals surface area contributed by atoms with Crippen molar-refractivity contribution in [3.63, 3.8) is 0 Å². The van der Waals surface area contributed by atoms with E-state index in [1.165, 1.54) is 12.1 Å². The van der Waals surface area contributed by atoms with Crippen molar-refractivity contribution in [3.8, 4) is 6.07 Å². The van der Waals surface area contributed by atoms with Crippen LogP contribution >= 0.6 is 0 Å². The molecular formula is C11H10F3N. The molecule has 80 valence electrons. The number of nitriles is 1. The lowest BCUT2D eigenvalue weighted by Crippen LogP contribution is -2.08. The standard InChI is InChI=1S/C11H10F3N/c12-11(13,14)10-7-2-1-5-9(10)6-3-4-8-15/h1-2,5,7H,3-4,6H2. The van der Waals surface area contributed by atoms with Crippen molar-refractivity contribution in [2.24, 2.45) is 0 Å². The predicted molar refractivity (Wildman–Crippen MR) is 50.0 cm³/mol. The second kappa shape index (κ2) is 4.83. The average molecular weight is 213 g/mol. The zero-order valence-corrected chi connectivity index (χ0v) is 8.01. The van der Waals surface area contributed by atoms with E-state index in [1.807, 2.05) is 6.07 Å². The average Bonchev–Trinajstić information content (AvgIpc) is 2.17.